The molecule has 0 fully saturated rings. The van der Waals surface area contributed by atoms with E-state index in [9.17, 15) is 24.3 Å². The Labute approximate surface area is 290 Å². The topological polar surface area (TPSA) is 160 Å². The van der Waals surface area contributed by atoms with E-state index in [0.29, 0.717) is 12.8 Å². The lowest BCUT2D eigenvalue weighted by atomic mass is 9.88. The Hall–Kier alpha value is -4.70. The van der Waals surface area contributed by atoms with Gasteiger partial charge in [-0.25, -0.2) is 4.79 Å². The zero-order chi connectivity index (χ0) is 36.0. The van der Waals surface area contributed by atoms with Crippen molar-refractivity contribution in [3.05, 3.63) is 108 Å². The van der Waals surface area contributed by atoms with Crippen molar-refractivity contribution in [3.63, 3.8) is 0 Å². The second kappa shape index (κ2) is 18.7. The summed E-state index contributed by atoms with van der Waals surface area (Å²) in [5.74, 6) is -2.37. The number of primary amides is 1. The Morgan fingerprint density at radius 2 is 1.14 bits per heavy atom. The molecule has 0 bridgehead atoms. The molecular formula is C39H52N4O6. The summed E-state index contributed by atoms with van der Waals surface area (Å²) >= 11 is 0. The molecule has 6 N–H and O–H groups in total. The minimum absolute atomic E-state index is 0.0119. The van der Waals surface area contributed by atoms with Crippen molar-refractivity contribution in [2.45, 2.75) is 96.6 Å². The highest BCUT2D eigenvalue weighted by Crippen LogP contribution is 2.20. The van der Waals surface area contributed by atoms with E-state index in [1.54, 1.807) is 20.8 Å². The number of alkyl carbamates (subject to hydrolysis) is 1. The number of carbonyl (C=O) groups is 4. The number of carbonyl (C=O) groups excluding carboxylic acids is 4. The van der Waals surface area contributed by atoms with Gasteiger partial charge >= 0.3 is 6.09 Å². The van der Waals surface area contributed by atoms with Gasteiger partial charge in [-0.1, -0.05) is 105 Å². The number of benzene rings is 3. The van der Waals surface area contributed by atoms with E-state index in [1.807, 2.05) is 105 Å². The third-order valence-electron chi connectivity index (χ3n) is 7.97. The molecule has 3 aromatic carbocycles. The van der Waals surface area contributed by atoms with Crippen LogP contribution in [0.2, 0.25) is 0 Å². The number of ether oxygens (including phenoxy) is 1. The van der Waals surface area contributed by atoms with E-state index >= 15 is 0 Å². The Morgan fingerprint density at radius 3 is 1.61 bits per heavy atom. The summed E-state index contributed by atoms with van der Waals surface area (Å²) in [5.41, 5.74) is 7.51. The molecule has 10 nitrogen and oxygen atoms in total. The average Bonchev–Trinajstić information content (AvgIpc) is 3.03. The van der Waals surface area contributed by atoms with Crippen molar-refractivity contribution in [2.75, 3.05) is 0 Å². The molecule has 0 heterocycles. The molecule has 0 saturated heterocycles. The molecule has 0 spiro atoms. The molecule has 0 aromatic heterocycles. The highest BCUT2D eigenvalue weighted by molar-refractivity contribution is 5.92. The fourth-order valence-corrected chi connectivity index (χ4v) is 5.59. The highest BCUT2D eigenvalue weighted by atomic mass is 16.6. The maximum absolute atomic E-state index is 14.1. The van der Waals surface area contributed by atoms with Gasteiger partial charge in [0.25, 0.3) is 0 Å². The standard InChI is InChI=1S/C39H52N4O6/c1-26(2)21-33(37(47)41-32(35(40)45)24-29-19-13-8-14-20-29)42-36(46)30(22-27-15-9-6-10-16-27)25-34(44)31(23-28-17-11-7-12-18-28)43-38(48)49-39(3,4)5/h6-20,26,30-34,44H,21-25H2,1-5H3,(H2,40,45)(H,41,47)(H,42,46)(H,43,48)/t30-,31-,32+,33+,34+/m1/s1. The molecule has 0 radical (unpaired) electrons. The first-order valence-electron chi connectivity index (χ1n) is 16.9. The van der Waals surface area contributed by atoms with Gasteiger partial charge in [-0.15, -0.1) is 0 Å². The maximum Gasteiger partial charge on any atom is 0.407 e. The van der Waals surface area contributed by atoms with Crippen LogP contribution in [0.25, 0.3) is 0 Å². The van der Waals surface area contributed by atoms with Gasteiger partial charge in [0.1, 0.15) is 17.7 Å². The number of nitrogens with two attached hydrogens (primary N) is 1. The number of amides is 4. The second-order valence-corrected chi connectivity index (χ2v) is 14.0. The van der Waals surface area contributed by atoms with Gasteiger partial charge in [0.2, 0.25) is 17.7 Å². The lowest BCUT2D eigenvalue weighted by Crippen LogP contribution is -2.55. The summed E-state index contributed by atoms with van der Waals surface area (Å²) in [6.45, 7) is 9.14. The fraction of sp³-hybridized carbons (Fsp3) is 0.436. The molecule has 3 aromatic rings. The summed E-state index contributed by atoms with van der Waals surface area (Å²) in [7, 11) is 0. The van der Waals surface area contributed by atoms with Crippen LogP contribution in [-0.2, 0) is 38.4 Å². The Kier molecular flexibility index (Phi) is 14.8. The van der Waals surface area contributed by atoms with Crippen LogP contribution in [-0.4, -0.2) is 58.8 Å². The van der Waals surface area contributed by atoms with Crippen LogP contribution in [0.15, 0.2) is 91.0 Å². The van der Waals surface area contributed by atoms with Crippen molar-refractivity contribution >= 4 is 23.8 Å². The molecule has 0 unspecified atom stereocenters. The largest absolute Gasteiger partial charge is 0.444 e. The van der Waals surface area contributed by atoms with Gasteiger partial charge < -0.3 is 31.5 Å². The zero-order valence-electron chi connectivity index (χ0n) is 29.2. The van der Waals surface area contributed by atoms with Crippen LogP contribution >= 0.6 is 0 Å². The van der Waals surface area contributed by atoms with E-state index < -0.39 is 59.6 Å². The Balaban J connectivity index is 1.85. The van der Waals surface area contributed by atoms with E-state index in [4.69, 9.17) is 10.5 Å². The molecule has 0 saturated carbocycles. The normalized spacial score (nSPS) is 14.5. The average molecular weight is 673 g/mol. The van der Waals surface area contributed by atoms with Crippen LogP contribution < -0.4 is 21.7 Å². The first-order valence-corrected chi connectivity index (χ1v) is 16.9. The number of hydrogen-bond acceptors (Lipinski definition) is 6. The number of aliphatic hydroxyl groups is 1. The third-order valence-corrected chi connectivity index (χ3v) is 7.97. The fourth-order valence-electron chi connectivity index (χ4n) is 5.59. The monoisotopic (exact) mass is 672 g/mol. The lowest BCUT2D eigenvalue weighted by molar-refractivity contribution is -0.133. The second-order valence-electron chi connectivity index (χ2n) is 14.0. The van der Waals surface area contributed by atoms with Crippen LogP contribution in [0.3, 0.4) is 0 Å². The van der Waals surface area contributed by atoms with Gasteiger partial charge in [0.05, 0.1) is 12.1 Å². The molecule has 5 atom stereocenters. The molecule has 264 valence electrons. The van der Waals surface area contributed by atoms with Crippen LogP contribution in [0, 0.1) is 11.8 Å². The van der Waals surface area contributed by atoms with Crippen molar-refractivity contribution < 1.29 is 29.0 Å². The van der Waals surface area contributed by atoms with Crippen LogP contribution in [0.1, 0.15) is 64.2 Å². The van der Waals surface area contributed by atoms with Gasteiger partial charge in [-0.05, 0) is 69.1 Å². The smallest absolute Gasteiger partial charge is 0.407 e. The summed E-state index contributed by atoms with van der Waals surface area (Å²) in [6.07, 6.45) is -0.731. The van der Waals surface area contributed by atoms with E-state index in [2.05, 4.69) is 16.0 Å². The molecule has 49 heavy (non-hydrogen) atoms. The predicted molar refractivity (Wildman–Crippen MR) is 190 cm³/mol. The van der Waals surface area contributed by atoms with E-state index in [0.717, 1.165) is 16.7 Å². The molecule has 3 rings (SSSR count). The molecule has 0 aliphatic heterocycles. The molecule has 0 aliphatic carbocycles. The van der Waals surface area contributed by atoms with E-state index in [1.165, 1.54) is 0 Å². The SMILES string of the molecule is CC(C)C[C@H](NC(=O)[C@H](Cc1ccccc1)C[C@H](O)[C@@H](Cc1ccccc1)NC(=O)OC(C)(C)C)C(=O)N[C@@H](Cc1ccccc1)C(N)=O. The third kappa shape index (κ3) is 14.1. The maximum atomic E-state index is 14.1. The molecule has 0 aliphatic rings. The first-order chi connectivity index (χ1) is 23.2. The van der Waals surface area contributed by atoms with Crippen LogP contribution in [0.4, 0.5) is 4.79 Å². The van der Waals surface area contributed by atoms with E-state index in [-0.39, 0.29) is 25.2 Å². The minimum atomic E-state index is -1.14. The van der Waals surface area contributed by atoms with Crippen molar-refractivity contribution in [1.82, 2.24) is 16.0 Å². The van der Waals surface area contributed by atoms with Gasteiger partial charge in [0, 0.05) is 12.3 Å². The summed E-state index contributed by atoms with van der Waals surface area (Å²) in [6, 6.07) is 25.4. The minimum Gasteiger partial charge on any atom is -0.444 e. The lowest BCUT2D eigenvalue weighted by Gasteiger charge is -2.30. The number of hydrogen-bond donors (Lipinski definition) is 5. The van der Waals surface area contributed by atoms with Crippen molar-refractivity contribution in [2.24, 2.45) is 17.6 Å². The molecular weight excluding hydrogens is 620 g/mol. The van der Waals surface area contributed by atoms with Gasteiger partial charge in [-0.3, -0.25) is 14.4 Å². The predicted octanol–water partition coefficient (Wildman–Crippen LogP) is 4.48. The van der Waals surface area contributed by atoms with Gasteiger partial charge in [0.15, 0.2) is 0 Å². The van der Waals surface area contributed by atoms with Crippen molar-refractivity contribution in [3.8, 4) is 0 Å². The quantitative estimate of drug-likeness (QED) is 0.142. The Morgan fingerprint density at radius 1 is 0.673 bits per heavy atom. The number of aliphatic hydroxyl groups excluding tert-OH is 1. The first kappa shape index (κ1) is 38.7. The van der Waals surface area contributed by atoms with Crippen LogP contribution in [0.5, 0.6) is 0 Å². The summed E-state index contributed by atoms with van der Waals surface area (Å²) < 4.78 is 5.49. The number of nitrogens with one attached hydrogen (secondary N) is 3. The Bertz CT molecular complexity index is 1480. The van der Waals surface area contributed by atoms with Gasteiger partial charge in [-0.2, -0.15) is 0 Å². The highest BCUT2D eigenvalue weighted by Gasteiger charge is 2.33. The van der Waals surface area contributed by atoms with Crippen molar-refractivity contribution in [1.29, 1.82) is 0 Å². The molecule has 10 heteroatoms. The summed E-state index contributed by atoms with van der Waals surface area (Å²) in [4.78, 5) is 52.9. The zero-order valence-corrected chi connectivity index (χ0v) is 29.2. The number of rotatable bonds is 17. The summed E-state index contributed by atoms with van der Waals surface area (Å²) in [5, 5.41) is 20.1. The molecule has 4 amide bonds.